The van der Waals surface area contributed by atoms with Crippen LogP contribution < -0.4 is 0 Å². The summed E-state index contributed by atoms with van der Waals surface area (Å²) in [6, 6.07) is 2.27. The lowest BCUT2D eigenvalue weighted by Crippen LogP contribution is -2.57. The Morgan fingerprint density at radius 1 is 0.704 bits per heavy atom. The molecule has 0 amide bonds. The maximum absolute atomic E-state index is 6.41. The second-order valence-electron chi connectivity index (χ2n) is 12.5. The Labute approximate surface area is 164 Å². The Morgan fingerprint density at radius 3 is 1.37 bits per heavy atom. The fraction of sp³-hybridized carbons (Fsp3) is 0.846. The second-order valence-corrected chi connectivity index (χ2v) is 12.5. The van der Waals surface area contributed by atoms with Crippen molar-refractivity contribution in [2.24, 2.45) is 46.3 Å². The average molecular weight is 365 g/mol. The van der Waals surface area contributed by atoms with Crippen LogP contribution in [0.1, 0.15) is 94.3 Å². The van der Waals surface area contributed by atoms with Crippen molar-refractivity contribution in [2.75, 3.05) is 0 Å². The zero-order valence-electron chi connectivity index (χ0n) is 17.1. The first-order valence-electron chi connectivity index (χ1n) is 12.1. The van der Waals surface area contributed by atoms with Gasteiger partial charge in [0.2, 0.25) is 0 Å². The molecule has 8 aliphatic rings. The van der Waals surface area contributed by atoms with Gasteiger partial charge in [0.1, 0.15) is 5.76 Å². The summed E-state index contributed by atoms with van der Waals surface area (Å²) >= 11 is 0. The molecule has 0 radical (unpaired) electrons. The van der Waals surface area contributed by atoms with Crippen molar-refractivity contribution in [3.8, 4) is 0 Å². The summed E-state index contributed by atoms with van der Waals surface area (Å²) in [5, 5.41) is 0. The Bertz CT molecular complexity index is 639. The Hall–Kier alpha value is -0.720. The smallest absolute Gasteiger partial charge is 0.110 e. The van der Waals surface area contributed by atoms with E-state index in [0.717, 1.165) is 41.4 Å². The fourth-order valence-electron chi connectivity index (χ4n) is 10.9. The highest BCUT2D eigenvalue weighted by molar-refractivity contribution is 5.28. The minimum Gasteiger partial charge on any atom is -0.469 e. The number of furan rings is 1. The van der Waals surface area contributed by atoms with Crippen LogP contribution in [0.2, 0.25) is 0 Å². The summed E-state index contributed by atoms with van der Waals surface area (Å²) in [4.78, 5) is 0. The van der Waals surface area contributed by atoms with Crippen LogP contribution in [0.25, 0.3) is 0 Å². The van der Waals surface area contributed by atoms with Gasteiger partial charge in [0.15, 0.2) is 0 Å². The van der Waals surface area contributed by atoms with Gasteiger partial charge in [-0.05, 0) is 142 Å². The minimum absolute atomic E-state index is 0.586. The van der Waals surface area contributed by atoms with E-state index in [9.17, 15) is 0 Å². The molecule has 1 heteroatoms. The van der Waals surface area contributed by atoms with Gasteiger partial charge in [-0.2, -0.15) is 0 Å². The van der Waals surface area contributed by atoms with E-state index in [4.69, 9.17) is 4.42 Å². The summed E-state index contributed by atoms with van der Waals surface area (Å²) < 4.78 is 6.41. The highest BCUT2D eigenvalue weighted by atomic mass is 16.3. The first-order chi connectivity index (χ1) is 13.1. The standard InChI is InChI=1S/C26H36O/c1-16-2-3-27-23(16)24(25-10-17-4-18(11-25)6-19(5-17)12-25)26-13-20-7-21(14-26)9-22(8-20)15-26/h2-3,17-22,24H,4-15H2,1H3. The van der Waals surface area contributed by atoms with Crippen molar-refractivity contribution in [3.63, 3.8) is 0 Å². The van der Waals surface area contributed by atoms with E-state index in [0.29, 0.717) is 10.8 Å². The van der Waals surface area contributed by atoms with Crippen LogP contribution >= 0.6 is 0 Å². The summed E-state index contributed by atoms with van der Waals surface area (Å²) in [6.07, 6.45) is 20.6. The molecule has 0 unspecified atom stereocenters. The van der Waals surface area contributed by atoms with Crippen molar-refractivity contribution < 1.29 is 4.42 Å². The zero-order chi connectivity index (χ0) is 17.8. The molecule has 146 valence electrons. The monoisotopic (exact) mass is 364 g/mol. The van der Waals surface area contributed by atoms with Crippen LogP contribution in [0.4, 0.5) is 0 Å². The molecule has 8 aliphatic carbocycles. The molecule has 0 N–H and O–H groups in total. The van der Waals surface area contributed by atoms with E-state index >= 15 is 0 Å². The van der Waals surface area contributed by atoms with E-state index in [-0.39, 0.29) is 0 Å². The third-order valence-electron chi connectivity index (χ3n) is 10.6. The highest BCUT2D eigenvalue weighted by Crippen LogP contribution is 2.74. The molecule has 8 fully saturated rings. The molecule has 1 heterocycles. The molecule has 1 nitrogen and oxygen atoms in total. The molecule has 8 saturated carbocycles. The molecule has 0 spiro atoms. The third-order valence-corrected chi connectivity index (χ3v) is 10.6. The van der Waals surface area contributed by atoms with Gasteiger partial charge in [-0.15, -0.1) is 0 Å². The average Bonchev–Trinajstić information content (AvgIpc) is 2.97. The lowest BCUT2D eigenvalue weighted by molar-refractivity contribution is -0.148. The lowest BCUT2D eigenvalue weighted by atomic mass is 9.38. The van der Waals surface area contributed by atoms with E-state index in [1.807, 2.05) is 6.26 Å². The normalized spacial score (nSPS) is 53.2. The molecular formula is C26H36O. The molecule has 1 aromatic rings. The van der Waals surface area contributed by atoms with Crippen molar-refractivity contribution in [1.29, 1.82) is 0 Å². The fourth-order valence-corrected chi connectivity index (χ4v) is 10.9. The van der Waals surface area contributed by atoms with Gasteiger partial charge in [0, 0.05) is 5.92 Å². The maximum Gasteiger partial charge on any atom is 0.110 e. The van der Waals surface area contributed by atoms with Crippen molar-refractivity contribution in [2.45, 2.75) is 89.9 Å². The Morgan fingerprint density at radius 2 is 1.07 bits per heavy atom. The second kappa shape index (κ2) is 5.25. The summed E-state index contributed by atoms with van der Waals surface area (Å²) in [7, 11) is 0. The van der Waals surface area contributed by atoms with Gasteiger partial charge in [-0.25, -0.2) is 0 Å². The zero-order valence-corrected chi connectivity index (χ0v) is 17.1. The molecule has 0 aliphatic heterocycles. The van der Waals surface area contributed by atoms with Gasteiger partial charge in [-0.1, -0.05) is 0 Å². The quantitative estimate of drug-likeness (QED) is 0.557. The number of aryl methyl sites for hydroxylation is 1. The number of hydrogen-bond donors (Lipinski definition) is 0. The predicted octanol–water partition coefficient (Wildman–Crippen LogP) is 7.10. The molecule has 27 heavy (non-hydrogen) atoms. The van der Waals surface area contributed by atoms with Crippen LogP contribution in [0, 0.1) is 53.3 Å². The van der Waals surface area contributed by atoms with E-state index in [2.05, 4.69) is 13.0 Å². The van der Waals surface area contributed by atoms with Crippen molar-refractivity contribution >= 4 is 0 Å². The van der Waals surface area contributed by atoms with Gasteiger partial charge in [-0.3, -0.25) is 0 Å². The number of rotatable bonds is 3. The van der Waals surface area contributed by atoms with Crippen LogP contribution in [-0.2, 0) is 0 Å². The molecule has 0 saturated heterocycles. The maximum atomic E-state index is 6.41. The molecule has 1 aromatic heterocycles. The van der Waals surface area contributed by atoms with Gasteiger partial charge >= 0.3 is 0 Å². The van der Waals surface area contributed by atoms with Gasteiger partial charge in [0.05, 0.1) is 6.26 Å². The summed E-state index contributed by atoms with van der Waals surface area (Å²) in [6.45, 7) is 2.34. The summed E-state index contributed by atoms with van der Waals surface area (Å²) in [5.41, 5.74) is 2.64. The van der Waals surface area contributed by atoms with Crippen LogP contribution in [-0.4, -0.2) is 0 Å². The topological polar surface area (TPSA) is 13.1 Å². The predicted molar refractivity (Wildman–Crippen MR) is 107 cm³/mol. The van der Waals surface area contributed by atoms with Gasteiger partial charge in [0.25, 0.3) is 0 Å². The van der Waals surface area contributed by atoms with E-state index in [1.165, 1.54) is 49.8 Å². The SMILES string of the molecule is Cc1ccoc1C(C12CC3CC(CC(C3)C1)C2)C12CC3CC(CC(C3)C1)C2. The summed E-state index contributed by atoms with van der Waals surface area (Å²) in [5.74, 6) is 8.45. The molecular weight excluding hydrogens is 328 g/mol. The van der Waals surface area contributed by atoms with Crippen LogP contribution in [0.15, 0.2) is 16.7 Å². The van der Waals surface area contributed by atoms with Crippen molar-refractivity contribution in [1.82, 2.24) is 0 Å². The van der Waals surface area contributed by atoms with Crippen LogP contribution in [0.5, 0.6) is 0 Å². The molecule has 8 bridgehead atoms. The third kappa shape index (κ3) is 2.18. The Balaban J connectivity index is 1.38. The molecule has 9 rings (SSSR count). The van der Waals surface area contributed by atoms with E-state index in [1.54, 1.807) is 38.5 Å². The first-order valence-corrected chi connectivity index (χ1v) is 12.1. The van der Waals surface area contributed by atoms with Crippen LogP contribution in [0.3, 0.4) is 0 Å². The first kappa shape index (κ1) is 16.1. The van der Waals surface area contributed by atoms with Gasteiger partial charge < -0.3 is 4.42 Å². The highest BCUT2D eigenvalue weighted by Gasteiger charge is 2.64. The Kier molecular flexibility index (Phi) is 3.13. The van der Waals surface area contributed by atoms with E-state index < -0.39 is 0 Å². The minimum atomic E-state index is 0.586. The molecule has 0 atom stereocenters. The number of hydrogen-bond acceptors (Lipinski definition) is 1. The lowest BCUT2D eigenvalue weighted by Gasteiger charge is -2.67. The largest absolute Gasteiger partial charge is 0.469 e. The van der Waals surface area contributed by atoms with Crippen molar-refractivity contribution in [3.05, 3.63) is 23.7 Å². The molecule has 0 aromatic carbocycles.